The molecular weight excluding hydrogens is 186 g/mol. The Bertz CT molecular complexity index is 407. The van der Waals surface area contributed by atoms with Crippen molar-refractivity contribution < 1.29 is 4.79 Å². The van der Waals surface area contributed by atoms with E-state index in [0.717, 1.165) is 24.2 Å². The quantitative estimate of drug-likeness (QED) is 0.702. The van der Waals surface area contributed by atoms with E-state index >= 15 is 0 Å². The van der Waals surface area contributed by atoms with Crippen LogP contribution >= 0.6 is 0 Å². The smallest absolute Gasteiger partial charge is 0.181 e. The fraction of sp³-hybridized carbons (Fsp3) is 0.538. The minimum atomic E-state index is 0.224. The number of hydrogen-bond acceptors (Lipinski definition) is 2. The normalized spacial score (nSPS) is 15.6. The lowest BCUT2D eigenvalue weighted by molar-refractivity contribution is 0.0966. The molecule has 0 fully saturated rings. The predicted octanol–water partition coefficient (Wildman–Crippen LogP) is 3.03. The maximum atomic E-state index is 11.8. The molecule has 15 heavy (non-hydrogen) atoms. The Labute approximate surface area is 90.7 Å². The van der Waals surface area contributed by atoms with E-state index < -0.39 is 0 Å². The number of carbonyl (C=O) groups is 1. The second-order valence-corrected chi connectivity index (χ2v) is 4.61. The molecule has 2 heteroatoms. The number of aromatic nitrogens is 1. The average Bonchev–Trinajstić information content (AvgIpc) is 2.18. The van der Waals surface area contributed by atoms with Gasteiger partial charge in [0, 0.05) is 12.1 Å². The highest BCUT2D eigenvalue weighted by Gasteiger charge is 2.22. The van der Waals surface area contributed by atoms with Gasteiger partial charge in [0.1, 0.15) is 5.69 Å². The average molecular weight is 203 g/mol. The summed E-state index contributed by atoms with van der Waals surface area (Å²) in [6.07, 6.45) is 2.67. The highest BCUT2D eigenvalue weighted by Crippen LogP contribution is 2.28. The highest BCUT2D eigenvalue weighted by atomic mass is 16.1. The van der Waals surface area contributed by atoms with Crippen molar-refractivity contribution in [1.82, 2.24) is 4.98 Å². The van der Waals surface area contributed by atoms with Crippen LogP contribution in [0.4, 0.5) is 0 Å². The maximum absolute atomic E-state index is 11.8. The Morgan fingerprint density at radius 1 is 1.33 bits per heavy atom. The van der Waals surface area contributed by atoms with Crippen LogP contribution < -0.4 is 0 Å². The first-order chi connectivity index (χ1) is 7.09. The molecular formula is C13H17NO. The molecule has 0 saturated carbocycles. The van der Waals surface area contributed by atoms with Gasteiger partial charge in [0.05, 0.1) is 0 Å². The second kappa shape index (κ2) is 3.76. The summed E-state index contributed by atoms with van der Waals surface area (Å²) in [6, 6.07) is 2.13. The van der Waals surface area contributed by atoms with Crippen molar-refractivity contribution in [3.63, 3.8) is 0 Å². The zero-order valence-corrected chi connectivity index (χ0v) is 9.63. The Kier molecular flexibility index (Phi) is 2.59. The Balaban J connectivity index is 2.62. The zero-order chi connectivity index (χ0) is 11.0. The summed E-state index contributed by atoms with van der Waals surface area (Å²) >= 11 is 0. The summed E-state index contributed by atoms with van der Waals surface area (Å²) in [7, 11) is 0. The van der Waals surface area contributed by atoms with Crippen LogP contribution in [0.5, 0.6) is 0 Å². The van der Waals surface area contributed by atoms with E-state index in [1.165, 1.54) is 11.1 Å². The third-order valence-corrected chi connectivity index (χ3v) is 3.00. The standard InChI is InChI=1S/C13H17NO/c1-8(2)11-7-9(3)14-13-10(11)5-4-6-12(13)15/h7-8H,4-6H2,1-3H3. The molecule has 2 rings (SSSR count). The van der Waals surface area contributed by atoms with E-state index in [4.69, 9.17) is 0 Å². The fourth-order valence-corrected chi connectivity index (χ4v) is 2.28. The lowest BCUT2D eigenvalue weighted by Gasteiger charge is -2.20. The van der Waals surface area contributed by atoms with Crippen molar-refractivity contribution in [2.75, 3.05) is 0 Å². The topological polar surface area (TPSA) is 30.0 Å². The molecule has 0 bridgehead atoms. The van der Waals surface area contributed by atoms with E-state index in [9.17, 15) is 4.79 Å². The summed E-state index contributed by atoms with van der Waals surface area (Å²) in [5.41, 5.74) is 4.22. The van der Waals surface area contributed by atoms with Crippen LogP contribution in [-0.4, -0.2) is 10.8 Å². The van der Waals surface area contributed by atoms with Gasteiger partial charge in [0.2, 0.25) is 0 Å². The van der Waals surface area contributed by atoms with Crippen LogP contribution in [0.1, 0.15) is 59.9 Å². The van der Waals surface area contributed by atoms with E-state index in [2.05, 4.69) is 24.9 Å². The number of Topliss-reactive ketones (excluding diaryl/α,β-unsaturated/α-hetero) is 1. The largest absolute Gasteiger partial charge is 0.292 e. The van der Waals surface area contributed by atoms with Gasteiger partial charge in [-0.1, -0.05) is 13.8 Å². The van der Waals surface area contributed by atoms with Crippen LogP contribution in [0.25, 0.3) is 0 Å². The van der Waals surface area contributed by atoms with Gasteiger partial charge in [-0.25, -0.2) is 4.98 Å². The van der Waals surface area contributed by atoms with E-state index in [-0.39, 0.29) is 5.78 Å². The Morgan fingerprint density at radius 2 is 2.07 bits per heavy atom. The molecule has 0 saturated heterocycles. The first kappa shape index (κ1) is 10.3. The second-order valence-electron chi connectivity index (χ2n) is 4.61. The van der Waals surface area contributed by atoms with Gasteiger partial charge in [-0.3, -0.25) is 4.79 Å². The minimum absolute atomic E-state index is 0.224. The minimum Gasteiger partial charge on any atom is -0.292 e. The molecule has 1 aromatic rings. The van der Waals surface area contributed by atoms with Gasteiger partial charge in [-0.2, -0.15) is 0 Å². The summed E-state index contributed by atoms with van der Waals surface area (Å²) in [4.78, 5) is 16.1. The third kappa shape index (κ3) is 1.81. The fourth-order valence-electron chi connectivity index (χ4n) is 2.28. The van der Waals surface area contributed by atoms with Gasteiger partial charge >= 0.3 is 0 Å². The highest BCUT2D eigenvalue weighted by molar-refractivity contribution is 5.97. The van der Waals surface area contributed by atoms with Crippen molar-refractivity contribution in [1.29, 1.82) is 0 Å². The van der Waals surface area contributed by atoms with Gasteiger partial charge in [0.15, 0.2) is 5.78 Å². The molecule has 0 N–H and O–H groups in total. The lowest BCUT2D eigenvalue weighted by Crippen LogP contribution is -2.16. The molecule has 0 aliphatic heterocycles. The molecule has 1 heterocycles. The van der Waals surface area contributed by atoms with Gasteiger partial charge < -0.3 is 0 Å². The Hall–Kier alpha value is -1.18. The van der Waals surface area contributed by atoms with E-state index in [0.29, 0.717) is 12.3 Å². The number of hydrogen-bond donors (Lipinski definition) is 0. The molecule has 0 unspecified atom stereocenters. The van der Waals surface area contributed by atoms with Crippen molar-refractivity contribution in [3.8, 4) is 0 Å². The van der Waals surface area contributed by atoms with Crippen molar-refractivity contribution >= 4 is 5.78 Å². The first-order valence-electron chi connectivity index (χ1n) is 5.63. The van der Waals surface area contributed by atoms with Crippen LogP contribution in [0.15, 0.2) is 6.07 Å². The number of rotatable bonds is 1. The molecule has 0 aromatic carbocycles. The van der Waals surface area contributed by atoms with Crippen LogP contribution in [0, 0.1) is 6.92 Å². The van der Waals surface area contributed by atoms with Crippen LogP contribution in [0.3, 0.4) is 0 Å². The molecule has 0 radical (unpaired) electrons. The van der Waals surface area contributed by atoms with E-state index in [1.54, 1.807) is 0 Å². The predicted molar refractivity (Wildman–Crippen MR) is 60.3 cm³/mol. The summed E-state index contributed by atoms with van der Waals surface area (Å²) < 4.78 is 0. The molecule has 0 atom stereocenters. The van der Waals surface area contributed by atoms with E-state index in [1.807, 2.05) is 6.92 Å². The lowest BCUT2D eigenvalue weighted by atomic mass is 9.87. The van der Waals surface area contributed by atoms with Crippen LogP contribution in [0.2, 0.25) is 0 Å². The first-order valence-corrected chi connectivity index (χ1v) is 5.63. The number of carbonyl (C=O) groups excluding carboxylic acids is 1. The summed E-state index contributed by atoms with van der Waals surface area (Å²) in [6.45, 7) is 6.32. The summed E-state index contributed by atoms with van der Waals surface area (Å²) in [5, 5.41) is 0. The zero-order valence-electron chi connectivity index (χ0n) is 9.63. The van der Waals surface area contributed by atoms with Crippen LogP contribution in [-0.2, 0) is 6.42 Å². The van der Waals surface area contributed by atoms with Crippen molar-refractivity contribution in [2.45, 2.75) is 46.0 Å². The monoisotopic (exact) mass is 203 g/mol. The Morgan fingerprint density at radius 3 is 2.73 bits per heavy atom. The van der Waals surface area contributed by atoms with Crippen molar-refractivity contribution in [3.05, 3.63) is 28.6 Å². The van der Waals surface area contributed by atoms with Gasteiger partial charge in [0.25, 0.3) is 0 Å². The number of fused-ring (bicyclic) bond motifs is 1. The third-order valence-electron chi connectivity index (χ3n) is 3.00. The number of aryl methyl sites for hydroxylation is 1. The molecule has 1 aliphatic rings. The SMILES string of the molecule is Cc1cc(C(C)C)c2c(n1)C(=O)CCC2. The molecule has 0 spiro atoms. The van der Waals surface area contributed by atoms with Gasteiger partial charge in [-0.15, -0.1) is 0 Å². The molecule has 2 nitrogen and oxygen atoms in total. The molecule has 0 amide bonds. The van der Waals surface area contributed by atoms with Gasteiger partial charge in [-0.05, 0) is 42.9 Å². The number of nitrogens with zero attached hydrogens (tertiary/aromatic N) is 1. The number of pyridine rings is 1. The molecule has 1 aliphatic carbocycles. The van der Waals surface area contributed by atoms with Crippen molar-refractivity contribution in [2.24, 2.45) is 0 Å². The molecule has 1 aromatic heterocycles. The number of ketones is 1. The summed E-state index contributed by atoms with van der Waals surface area (Å²) in [5.74, 6) is 0.702. The molecule has 80 valence electrons. The maximum Gasteiger partial charge on any atom is 0.181 e.